The number of carbonyl (C=O) groups excluding carboxylic acids is 1. The van der Waals surface area contributed by atoms with Crippen molar-refractivity contribution in [2.24, 2.45) is 0 Å². The highest BCUT2D eigenvalue weighted by Crippen LogP contribution is 2.22. The van der Waals surface area contributed by atoms with Crippen molar-refractivity contribution in [1.29, 1.82) is 0 Å². The fourth-order valence-corrected chi connectivity index (χ4v) is 1.37. The Morgan fingerprint density at radius 1 is 1.19 bits per heavy atom. The molecule has 0 aliphatic rings. The quantitative estimate of drug-likeness (QED) is 0.619. The number of aromatic nitrogens is 1. The van der Waals surface area contributed by atoms with Gasteiger partial charge in [-0.15, -0.1) is 0 Å². The Balaban J connectivity index is 2.42. The highest BCUT2D eigenvalue weighted by Gasteiger charge is 2.02. The summed E-state index contributed by atoms with van der Waals surface area (Å²) in [6, 6.07) is 7.79. The predicted octanol–water partition coefficient (Wildman–Crippen LogP) is 2.28. The molecule has 1 aromatic carbocycles. The Kier molecular flexibility index (Phi) is 2.64. The zero-order valence-corrected chi connectivity index (χ0v) is 8.35. The van der Waals surface area contributed by atoms with E-state index in [4.69, 9.17) is 5.73 Å². The normalized spacial score (nSPS) is 10.1. The molecule has 1 aromatic heterocycles. The van der Waals surface area contributed by atoms with Crippen LogP contribution in [0.1, 0.15) is 10.5 Å². The molecule has 1 heterocycles. The summed E-state index contributed by atoms with van der Waals surface area (Å²) in [5.74, 6) is -0.443. The highest BCUT2D eigenvalue weighted by molar-refractivity contribution is 5.74. The molecule has 3 nitrogen and oxygen atoms in total. The number of rotatable bonds is 2. The number of anilines is 1. The Hall–Kier alpha value is -2.23. The van der Waals surface area contributed by atoms with Crippen LogP contribution in [0.25, 0.3) is 11.1 Å². The zero-order chi connectivity index (χ0) is 11.5. The van der Waals surface area contributed by atoms with E-state index in [9.17, 15) is 9.18 Å². The monoisotopic (exact) mass is 216 g/mol. The highest BCUT2D eigenvalue weighted by atomic mass is 19.1. The number of benzene rings is 1. The molecular formula is C12H9FN2O. The Morgan fingerprint density at radius 3 is 2.50 bits per heavy atom. The predicted molar refractivity (Wildman–Crippen MR) is 59.4 cm³/mol. The standard InChI is InChI=1S/C12H9FN2O/c13-11-4-2-8(5-12(11)14)9-1-3-10(7-16)15-6-9/h1-7H,14H2. The van der Waals surface area contributed by atoms with Crippen LogP contribution in [-0.2, 0) is 0 Å². The molecule has 80 valence electrons. The van der Waals surface area contributed by atoms with E-state index in [0.29, 0.717) is 12.0 Å². The maximum absolute atomic E-state index is 12.9. The summed E-state index contributed by atoms with van der Waals surface area (Å²) >= 11 is 0. The van der Waals surface area contributed by atoms with Crippen LogP contribution in [0.4, 0.5) is 10.1 Å². The summed E-state index contributed by atoms with van der Waals surface area (Å²) in [4.78, 5) is 14.3. The number of hydrogen-bond donors (Lipinski definition) is 1. The first-order valence-electron chi connectivity index (χ1n) is 4.67. The van der Waals surface area contributed by atoms with Gasteiger partial charge in [0.25, 0.3) is 0 Å². The van der Waals surface area contributed by atoms with Gasteiger partial charge in [0.05, 0.1) is 5.69 Å². The second-order valence-corrected chi connectivity index (χ2v) is 3.33. The minimum Gasteiger partial charge on any atom is -0.396 e. The molecule has 0 radical (unpaired) electrons. The molecule has 2 rings (SSSR count). The van der Waals surface area contributed by atoms with Crippen molar-refractivity contribution in [2.45, 2.75) is 0 Å². The first-order valence-corrected chi connectivity index (χ1v) is 4.67. The lowest BCUT2D eigenvalue weighted by atomic mass is 10.1. The van der Waals surface area contributed by atoms with E-state index in [-0.39, 0.29) is 5.69 Å². The number of halogens is 1. The molecule has 0 aliphatic heterocycles. The van der Waals surface area contributed by atoms with Crippen molar-refractivity contribution in [3.8, 4) is 11.1 Å². The van der Waals surface area contributed by atoms with Crippen molar-refractivity contribution < 1.29 is 9.18 Å². The van der Waals surface area contributed by atoms with E-state index in [2.05, 4.69) is 4.98 Å². The van der Waals surface area contributed by atoms with Crippen molar-refractivity contribution >= 4 is 12.0 Å². The number of nitrogens with two attached hydrogens (primary N) is 1. The van der Waals surface area contributed by atoms with Gasteiger partial charge in [0.2, 0.25) is 0 Å². The summed E-state index contributed by atoms with van der Waals surface area (Å²) in [5, 5.41) is 0. The molecular weight excluding hydrogens is 207 g/mol. The van der Waals surface area contributed by atoms with Crippen molar-refractivity contribution in [3.05, 3.63) is 48.0 Å². The van der Waals surface area contributed by atoms with Gasteiger partial charge < -0.3 is 5.73 Å². The van der Waals surface area contributed by atoms with Crippen molar-refractivity contribution in [3.63, 3.8) is 0 Å². The van der Waals surface area contributed by atoms with Gasteiger partial charge in [0, 0.05) is 11.8 Å². The van der Waals surface area contributed by atoms with Gasteiger partial charge in [-0.05, 0) is 23.8 Å². The minimum atomic E-state index is -0.443. The van der Waals surface area contributed by atoms with E-state index in [1.165, 1.54) is 12.1 Å². The average Bonchev–Trinajstić information content (AvgIpc) is 2.33. The van der Waals surface area contributed by atoms with Gasteiger partial charge in [-0.1, -0.05) is 12.1 Å². The molecule has 0 saturated carbocycles. The van der Waals surface area contributed by atoms with E-state index in [0.717, 1.165) is 11.1 Å². The fraction of sp³-hybridized carbons (Fsp3) is 0. The topological polar surface area (TPSA) is 56.0 Å². The smallest absolute Gasteiger partial charge is 0.168 e. The van der Waals surface area contributed by atoms with Crippen molar-refractivity contribution in [2.75, 3.05) is 5.73 Å². The number of nitrogens with zero attached hydrogens (tertiary/aromatic N) is 1. The first kappa shape index (κ1) is 10.3. The van der Waals surface area contributed by atoms with Gasteiger partial charge in [0.1, 0.15) is 11.5 Å². The molecule has 16 heavy (non-hydrogen) atoms. The van der Waals surface area contributed by atoms with Crippen LogP contribution in [0, 0.1) is 5.82 Å². The Bertz CT molecular complexity index is 523. The summed E-state index contributed by atoms with van der Waals surface area (Å²) in [6.45, 7) is 0. The molecule has 0 bridgehead atoms. The summed E-state index contributed by atoms with van der Waals surface area (Å²) in [6.07, 6.45) is 2.22. The minimum absolute atomic E-state index is 0.0944. The van der Waals surface area contributed by atoms with Crippen LogP contribution < -0.4 is 5.73 Å². The zero-order valence-electron chi connectivity index (χ0n) is 8.35. The third-order valence-corrected chi connectivity index (χ3v) is 2.24. The van der Waals surface area contributed by atoms with Gasteiger partial charge in [-0.2, -0.15) is 0 Å². The third-order valence-electron chi connectivity index (χ3n) is 2.24. The number of pyridine rings is 1. The molecule has 4 heteroatoms. The van der Waals surface area contributed by atoms with Gasteiger partial charge >= 0.3 is 0 Å². The SMILES string of the molecule is Nc1cc(-c2ccc(C=O)nc2)ccc1F. The van der Waals surface area contributed by atoms with E-state index < -0.39 is 5.82 Å². The van der Waals surface area contributed by atoms with E-state index in [1.807, 2.05) is 0 Å². The number of aldehydes is 1. The lowest BCUT2D eigenvalue weighted by molar-refractivity contribution is 0.111. The first-order chi connectivity index (χ1) is 7.70. The fourth-order valence-electron chi connectivity index (χ4n) is 1.37. The summed E-state index contributed by atoms with van der Waals surface area (Å²) < 4.78 is 12.9. The molecule has 0 unspecified atom stereocenters. The number of carbonyl (C=O) groups is 1. The molecule has 2 aromatic rings. The Labute approximate surface area is 91.7 Å². The lowest BCUT2D eigenvalue weighted by Gasteiger charge is -2.03. The number of nitrogen functional groups attached to an aromatic ring is 1. The van der Waals surface area contributed by atoms with Crippen LogP contribution in [0.2, 0.25) is 0 Å². The van der Waals surface area contributed by atoms with Crippen LogP contribution >= 0.6 is 0 Å². The summed E-state index contributed by atoms with van der Waals surface area (Å²) in [5.41, 5.74) is 7.47. The van der Waals surface area contributed by atoms with Gasteiger partial charge in [-0.3, -0.25) is 9.78 Å². The Morgan fingerprint density at radius 2 is 1.94 bits per heavy atom. The van der Waals surface area contributed by atoms with Gasteiger partial charge in [-0.25, -0.2) is 4.39 Å². The van der Waals surface area contributed by atoms with Gasteiger partial charge in [0.15, 0.2) is 6.29 Å². The largest absolute Gasteiger partial charge is 0.396 e. The second-order valence-electron chi connectivity index (χ2n) is 3.33. The maximum Gasteiger partial charge on any atom is 0.168 e. The van der Waals surface area contributed by atoms with Crippen LogP contribution in [0.3, 0.4) is 0 Å². The molecule has 0 spiro atoms. The van der Waals surface area contributed by atoms with Crippen LogP contribution in [0.15, 0.2) is 36.5 Å². The van der Waals surface area contributed by atoms with E-state index in [1.54, 1.807) is 24.4 Å². The van der Waals surface area contributed by atoms with Crippen molar-refractivity contribution in [1.82, 2.24) is 4.98 Å². The molecule has 0 atom stereocenters. The lowest BCUT2D eigenvalue weighted by Crippen LogP contribution is -1.92. The molecule has 2 N–H and O–H groups in total. The second kappa shape index (κ2) is 4.10. The van der Waals surface area contributed by atoms with Crippen LogP contribution in [-0.4, -0.2) is 11.3 Å². The molecule has 0 fully saturated rings. The number of hydrogen-bond acceptors (Lipinski definition) is 3. The summed E-state index contributed by atoms with van der Waals surface area (Å²) in [7, 11) is 0. The average molecular weight is 216 g/mol. The molecule has 0 amide bonds. The molecule has 0 saturated heterocycles. The third kappa shape index (κ3) is 1.91. The van der Waals surface area contributed by atoms with Crippen LogP contribution in [0.5, 0.6) is 0 Å². The van der Waals surface area contributed by atoms with E-state index >= 15 is 0 Å². The molecule has 0 aliphatic carbocycles. The maximum atomic E-state index is 12.9.